The number of anilines is 1. The SMILES string of the molecule is Cc1cc(CC(=O)N2CCCCC2)nc(N2CCCCC2)c1C. The van der Waals surface area contributed by atoms with Gasteiger partial charge in [0.25, 0.3) is 0 Å². The molecule has 0 saturated carbocycles. The van der Waals surface area contributed by atoms with Crippen LogP contribution >= 0.6 is 0 Å². The Bertz CT molecular complexity index is 558. The number of likely N-dealkylation sites (tertiary alicyclic amines) is 1. The van der Waals surface area contributed by atoms with Crippen molar-refractivity contribution in [3.63, 3.8) is 0 Å². The maximum atomic E-state index is 12.5. The Kier molecular flexibility index (Phi) is 5.19. The number of aryl methyl sites for hydroxylation is 1. The summed E-state index contributed by atoms with van der Waals surface area (Å²) in [7, 11) is 0. The summed E-state index contributed by atoms with van der Waals surface area (Å²) in [5.41, 5.74) is 3.45. The van der Waals surface area contributed by atoms with Crippen molar-refractivity contribution in [2.75, 3.05) is 31.1 Å². The second kappa shape index (κ2) is 7.33. The Morgan fingerprint density at radius 1 is 1.00 bits per heavy atom. The van der Waals surface area contributed by atoms with Crippen LogP contribution in [0, 0.1) is 13.8 Å². The van der Waals surface area contributed by atoms with Gasteiger partial charge in [-0.2, -0.15) is 0 Å². The number of pyridine rings is 1. The molecule has 0 radical (unpaired) electrons. The van der Waals surface area contributed by atoms with E-state index >= 15 is 0 Å². The van der Waals surface area contributed by atoms with Crippen molar-refractivity contribution in [2.45, 2.75) is 58.8 Å². The molecular weight excluding hydrogens is 286 g/mol. The summed E-state index contributed by atoms with van der Waals surface area (Å²) in [6.07, 6.45) is 7.80. The molecule has 1 aromatic rings. The zero-order valence-electron chi connectivity index (χ0n) is 14.6. The van der Waals surface area contributed by atoms with Crippen LogP contribution in [0.25, 0.3) is 0 Å². The first-order valence-electron chi connectivity index (χ1n) is 9.15. The van der Waals surface area contributed by atoms with Crippen LogP contribution in [0.1, 0.15) is 55.3 Å². The fourth-order valence-electron chi connectivity index (χ4n) is 3.70. The third-order valence-electron chi connectivity index (χ3n) is 5.26. The molecule has 0 spiro atoms. The maximum absolute atomic E-state index is 12.5. The molecule has 0 unspecified atom stereocenters. The maximum Gasteiger partial charge on any atom is 0.228 e. The van der Waals surface area contributed by atoms with E-state index in [4.69, 9.17) is 4.98 Å². The number of hydrogen-bond acceptors (Lipinski definition) is 3. The number of hydrogen-bond donors (Lipinski definition) is 0. The van der Waals surface area contributed by atoms with Crippen molar-refractivity contribution in [3.8, 4) is 0 Å². The van der Waals surface area contributed by atoms with E-state index in [2.05, 4.69) is 24.8 Å². The molecule has 1 amide bonds. The molecule has 3 heterocycles. The molecule has 4 heteroatoms. The minimum absolute atomic E-state index is 0.241. The van der Waals surface area contributed by atoms with Crippen LogP contribution in [0.5, 0.6) is 0 Å². The molecule has 2 aliphatic heterocycles. The van der Waals surface area contributed by atoms with Crippen LogP contribution in [0.4, 0.5) is 5.82 Å². The number of nitrogens with zero attached hydrogens (tertiary/aromatic N) is 3. The third kappa shape index (κ3) is 3.85. The molecule has 0 atom stereocenters. The summed E-state index contributed by atoms with van der Waals surface area (Å²) < 4.78 is 0. The molecule has 23 heavy (non-hydrogen) atoms. The number of rotatable bonds is 3. The molecule has 126 valence electrons. The first-order valence-corrected chi connectivity index (χ1v) is 9.15. The summed E-state index contributed by atoms with van der Waals surface area (Å²) in [4.78, 5) is 21.8. The van der Waals surface area contributed by atoms with Crippen molar-refractivity contribution in [2.24, 2.45) is 0 Å². The number of piperidine rings is 2. The monoisotopic (exact) mass is 315 g/mol. The molecule has 0 aliphatic carbocycles. The lowest BCUT2D eigenvalue weighted by atomic mass is 10.1. The zero-order chi connectivity index (χ0) is 16.2. The Labute approximate surface area is 139 Å². The van der Waals surface area contributed by atoms with Crippen molar-refractivity contribution in [1.29, 1.82) is 0 Å². The van der Waals surface area contributed by atoms with Crippen LogP contribution in [0.3, 0.4) is 0 Å². The highest BCUT2D eigenvalue weighted by Crippen LogP contribution is 2.25. The third-order valence-corrected chi connectivity index (χ3v) is 5.26. The minimum Gasteiger partial charge on any atom is -0.356 e. The van der Waals surface area contributed by atoms with E-state index in [1.807, 2.05) is 4.90 Å². The van der Waals surface area contributed by atoms with E-state index in [9.17, 15) is 4.79 Å². The van der Waals surface area contributed by atoms with Crippen molar-refractivity contribution in [3.05, 3.63) is 22.9 Å². The van der Waals surface area contributed by atoms with Gasteiger partial charge in [0, 0.05) is 26.2 Å². The minimum atomic E-state index is 0.241. The molecule has 3 rings (SSSR count). The molecular formula is C19H29N3O. The topological polar surface area (TPSA) is 36.4 Å². The lowest BCUT2D eigenvalue weighted by Gasteiger charge is -2.30. The molecule has 2 aliphatic rings. The molecule has 2 fully saturated rings. The van der Waals surface area contributed by atoms with Gasteiger partial charge in [0.15, 0.2) is 0 Å². The van der Waals surface area contributed by atoms with Gasteiger partial charge in [-0.25, -0.2) is 4.98 Å². The van der Waals surface area contributed by atoms with Crippen LogP contribution in [-0.2, 0) is 11.2 Å². The molecule has 2 saturated heterocycles. The highest BCUT2D eigenvalue weighted by Gasteiger charge is 2.20. The van der Waals surface area contributed by atoms with Gasteiger partial charge in [-0.05, 0) is 69.6 Å². The summed E-state index contributed by atoms with van der Waals surface area (Å²) in [6, 6.07) is 2.10. The van der Waals surface area contributed by atoms with Crippen molar-refractivity contribution in [1.82, 2.24) is 9.88 Å². The average Bonchev–Trinajstić information content (AvgIpc) is 2.59. The zero-order valence-corrected chi connectivity index (χ0v) is 14.6. The highest BCUT2D eigenvalue weighted by molar-refractivity contribution is 5.78. The van der Waals surface area contributed by atoms with E-state index in [1.165, 1.54) is 36.8 Å². The van der Waals surface area contributed by atoms with Gasteiger partial charge in [0.2, 0.25) is 5.91 Å². The van der Waals surface area contributed by atoms with E-state index in [-0.39, 0.29) is 5.91 Å². The predicted molar refractivity (Wildman–Crippen MR) is 93.9 cm³/mol. The lowest BCUT2D eigenvalue weighted by Crippen LogP contribution is -2.37. The van der Waals surface area contributed by atoms with Crippen molar-refractivity contribution >= 4 is 11.7 Å². The molecule has 4 nitrogen and oxygen atoms in total. The van der Waals surface area contributed by atoms with Gasteiger partial charge >= 0.3 is 0 Å². The van der Waals surface area contributed by atoms with Gasteiger partial charge in [-0.15, -0.1) is 0 Å². The van der Waals surface area contributed by atoms with E-state index in [0.29, 0.717) is 6.42 Å². The standard InChI is InChI=1S/C19H29N3O/c1-15-13-17(14-18(23)21-9-5-3-6-10-21)20-19(16(15)2)22-11-7-4-8-12-22/h13H,3-12,14H2,1-2H3. The van der Waals surface area contributed by atoms with E-state index in [1.54, 1.807) is 0 Å². The predicted octanol–water partition coefficient (Wildman–Crippen LogP) is 3.24. The Hall–Kier alpha value is -1.58. The summed E-state index contributed by atoms with van der Waals surface area (Å²) >= 11 is 0. The van der Waals surface area contributed by atoms with Crippen LogP contribution in [0.15, 0.2) is 6.07 Å². The van der Waals surface area contributed by atoms with Gasteiger partial charge in [0.1, 0.15) is 5.82 Å². The van der Waals surface area contributed by atoms with Crippen LogP contribution in [-0.4, -0.2) is 42.0 Å². The Morgan fingerprint density at radius 3 is 2.26 bits per heavy atom. The number of carbonyl (C=O) groups is 1. The van der Waals surface area contributed by atoms with E-state index < -0.39 is 0 Å². The van der Waals surface area contributed by atoms with Crippen molar-refractivity contribution < 1.29 is 4.79 Å². The van der Waals surface area contributed by atoms with Crippen LogP contribution < -0.4 is 4.90 Å². The molecule has 0 bridgehead atoms. The number of carbonyl (C=O) groups excluding carboxylic acids is 1. The van der Waals surface area contributed by atoms with Gasteiger partial charge in [-0.1, -0.05) is 0 Å². The second-order valence-electron chi connectivity index (χ2n) is 7.05. The largest absolute Gasteiger partial charge is 0.356 e. The number of amides is 1. The highest BCUT2D eigenvalue weighted by atomic mass is 16.2. The first kappa shape index (κ1) is 16.3. The fraction of sp³-hybridized carbons (Fsp3) is 0.684. The fourth-order valence-corrected chi connectivity index (χ4v) is 3.70. The second-order valence-corrected chi connectivity index (χ2v) is 7.05. The number of aromatic nitrogens is 1. The average molecular weight is 315 g/mol. The first-order chi connectivity index (χ1) is 11.1. The van der Waals surface area contributed by atoms with Gasteiger partial charge < -0.3 is 9.80 Å². The van der Waals surface area contributed by atoms with Crippen LogP contribution in [0.2, 0.25) is 0 Å². The molecule has 0 aromatic carbocycles. The molecule has 0 N–H and O–H groups in total. The Morgan fingerprint density at radius 2 is 1.61 bits per heavy atom. The molecule has 1 aromatic heterocycles. The van der Waals surface area contributed by atoms with Gasteiger partial charge in [-0.3, -0.25) is 4.79 Å². The van der Waals surface area contributed by atoms with Gasteiger partial charge in [0.05, 0.1) is 12.1 Å². The summed E-state index contributed by atoms with van der Waals surface area (Å²) in [5, 5.41) is 0. The lowest BCUT2D eigenvalue weighted by molar-refractivity contribution is -0.131. The summed E-state index contributed by atoms with van der Waals surface area (Å²) in [5.74, 6) is 1.34. The quantitative estimate of drug-likeness (QED) is 0.859. The Balaban J connectivity index is 1.76. The smallest absolute Gasteiger partial charge is 0.228 e. The summed E-state index contributed by atoms with van der Waals surface area (Å²) in [6.45, 7) is 8.32. The normalized spacial score (nSPS) is 19.0. The van der Waals surface area contributed by atoms with E-state index in [0.717, 1.165) is 50.5 Å².